The maximum atomic E-state index is 6.36. The predicted molar refractivity (Wildman–Crippen MR) is 77.3 cm³/mol. The summed E-state index contributed by atoms with van der Waals surface area (Å²) in [5, 5.41) is 13.9. The van der Waals surface area contributed by atoms with Crippen molar-refractivity contribution in [2.75, 3.05) is 5.73 Å². The average molecular weight is 301 g/mol. The summed E-state index contributed by atoms with van der Waals surface area (Å²) in [7, 11) is 1.84. The molecular formula is C11H17ClN6S. The van der Waals surface area contributed by atoms with Gasteiger partial charge in [-0.3, -0.25) is 9.25 Å². The summed E-state index contributed by atoms with van der Waals surface area (Å²) in [5.41, 5.74) is 7.62. The number of aromatic nitrogens is 5. The van der Waals surface area contributed by atoms with Gasteiger partial charge in [-0.05, 0) is 13.3 Å². The summed E-state index contributed by atoms with van der Waals surface area (Å²) < 4.78 is 3.69. The molecule has 0 bridgehead atoms. The number of aryl methyl sites for hydroxylation is 2. The van der Waals surface area contributed by atoms with Gasteiger partial charge in [0.05, 0.1) is 16.4 Å². The van der Waals surface area contributed by atoms with Gasteiger partial charge in [-0.2, -0.15) is 5.10 Å². The molecule has 2 rings (SSSR count). The summed E-state index contributed by atoms with van der Waals surface area (Å²) >= 11 is 7.91. The molecule has 0 aliphatic carbocycles. The summed E-state index contributed by atoms with van der Waals surface area (Å²) in [6, 6.07) is 0. The van der Waals surface area contributed by atoms with E-state index in [1.54, 1.807) is 16.3 Å². The van der Waals surface area contributed by atoms with Crippen LogP contribution in [0.5, 0.6) is 0 Å². The highest BCUT2D eigenvalue weighted by molar-refractivity contribution is 7.98. The van der Waals surface area contributed by atoms with Crippen LogP contribution in [0.4, 0.5) is 5.95 Å². The number of hydrogen-bond acceptors (Lipinski definition) is 5. The Kier molecular flexibility index (Phi) is 4.36. The summed E-state index contributed by atoms with van der Waals surface area (Å²) in [4.78, 5) is 0. The van der Waals surface area contributed by atoms with Crippen molar-refractivity contribution >= 4 is 29.3 Å². The molecule has 0 aliphatic rings. The lowest BCUT2D eigenvalue weighted by Gasteiger charge is -2.05. The Morgan fingerprint density at radius 2 is 2.05 bits per heavy atom. The molecule has 0 unspecified atom stereocenters. The highest BCUT2D eigenvalue weighted by Crippen LogP contribution is 2.28. The van der Waals surface area contributed by atoms with E-state index in [1.165, 1.54) is 0 Å². The van der Waals surface area contributed by atoms with Gasteiger partial charge in [-0.25, -0.2) is 0 Å². The molecule has 2 aromatic rings. The molecule has 8 heteroatoms. The zero-order valence-corrected chi connectivity index (χ0v) is 12.8. The van der Waals surface area contributed by atoms with E-state index in [1.807, 2.05) is 11.7 Å². The number of hydrogen-bond donors (Lipinski definition) is 1. The zero-order valence-electron chi connectivity index (χ0n) is 11.2. The molecule has 0 spiro atoms. The number of anilines is 1. The predicted octanol–water partition coefficient (Wildman–Crippen LogP) is 2.12. The van der Waals surface area contributed by atoms with Crippen LogP contribution in [-0.2, 0) is 25.8 Å². The van der Waals surface area contributed by atoms with Crippen molar-refractivity contribution in [1.82, 2.24) is 24.5 Å². The van der Waals surface area contributed by atoms with Crippen molar-refractivity contribution in [2.24, 2.45) is 7.05 Å². The van der Waals surface area contributed by atoms with Gasteiger partial charge in [-0.15, -0.1) is 10.2 Å². The van der Waals surface area contributed by atoms with Gasteiger partial charge < -0.3 is 5.73 Å². The van der Waals surface area contributed by atoms with Crippen LogP contribution >= 0.6 is 23.4 Å². The van der Waals surface area contributed by atoms with Crippen LogP contribution in [0.3, 0.4) is 0 Å². The van der Waals surface area contributed by atoms with Crippen molar-refractivity contribution in [2.45, 2.75) is 37.7 Å². The first-order chi connectivity index (χ1) is 9.08. The van der Waals surface area contributed by atoms with Crippen LogP contribution in [0.1, 0.15) is 25.2 Å². The summed E-state index contributed by atoms with van der Waals surface area (Å²) in [6.07, 6.45) is 0.834. The van der Waals surface area contributed by atoms with Crippen molar-refractivity contribution < 1.29 is 0 Å². The SMILES string of the molecule is CCc1nn(CC)c(CSc2nnc(N)n2C)c1Cl. The molecule has 0 radical (unpaired) electrons. The molecule has 0 saturated heterocycles. The number of nitrogen functional groups attached to an aromatic ring is 1. The van der Waals surface area contributed by atoms with Crippen LogP contribution in [0.15, 0.2) is 5.16 Å². The fraction of sp³-hybridized carbons (Fsp3) is 0.545. The van der Waals surface area contributed by atoms with Gasteiger partial charge in [0.25, 0.3) is 0 Å². The first-order valence-corrected chi connectivity index (χ1v) is 7.46. The summed E-state index contributed by atoms with van der Waals surface area (Å²) in [6.45, 7) is 4.91. The molecule has 2 aromatic heterocycles. The number of nitrogens with two attached hydrogens (primary N) is 1. The minimum absolute atomic E-state index is 0.409. The lowest BCUT2D eigenvalue weighted by Crippen LogP contribution is -2.03. The quantitative estimate of drug-likeness (QED) is 0.856. The number of halogens is 1. The van der Waals surface area contributed by atoms with Crippen molar-refractivity contribution in [3.63, 3.8) is 0 Å². The van der Waals surface area contributed by atoms with Gasteiger partial charge in [0, 0.05) is 19.3 Å². The second-order valence-electron chi connectivity index (χ2n) is 4.07. The number of rotatable bonds is 5. The molecule has 0 saturated carbocycles. The smallest absolute Gasteiger partial charge is 0.222 e. The first-order valence-electron chi connectivity index (χ1n) is 6.10. The molecule has 19 heavy (non-hydrogen) atoms. The molecule has 0 atom stereocenters. The molecule has 0 aliphatic heterocycles. The fourth-order valence-corrected chi connectivity index (χ4v) is 3.10. The minimum atomic E-state index is 0.409. The van der Waals surface area contributed by atoms with E-state index < -0.39 is 0 Å². The van der Waals surface area contributed by atoms with E-state index in [0.29, 0.717) is 11.7 Å². The third-order valence-electron chi connectivity index (χ3n) is 2.90. The van der Waals surface area contributed by atoms with E-state index >= 15 is 0 Å². The molecule has 104 valence electrons. The normalized spacial score (nSPS) is 11.2. The van der Waals surface area contributed by atoms with Crippen molar-refractivity contribution in [3.05, 3.63) is 16.4 Å². The van der Waals surface area contributed by atoms with Gasteiger partial charge >= 0.3 is 0 Å². The molecule has 6 nitrogen and oxygen atoms in total. The first kappa shape index (κ1) is 14.2. The van der Waals surface area contributed by atoms with Gasteiger partial charge in [0.2, 0.25) is 5.95 Å². The van der Waals surface area contributed by atoms with Gasteiger partial charge in [-0.1, -0.05) is 30.3 Å². The topological polar surface area (TPSA) is 74.6 Å². The lowest BCUT2D eigenvalue weighted by molar-refractivity contribution is 0.627. The molecule has 0 aromatic carbocycles. The second kappa shape index (κ2) is 5.83. The van der Waals surface area contributed by atoms with Crippen molar-refractivity contribution in [3.8, 4) is 0 Å². The molecular weight excluding hydrogens is 284 g/mol. The maximum Gasteiger partial charge on any atom is 0.222 e. The standard InChI is InChI=1S/C11H17ClN6S/c1-4-7-9(12)8(18(5-2)16-7)6-19-11-15-14-10(13)17(11)3/h4-6H2,1-3H3,(H2,13,14). The Morgan fingerprint density at radius 3 is 2.58 bits per heavy atom. The van der Waals surface area contributed by atoms with E-state index in [4.69, 9.17) is 17.3 Å². The third-order valence-corrected chi connectivity index (χ3v) is 4.37. The van der Waals surface area contributed by atoms with Crippen LogP contribution in [0.2, 0.25) is 5.02 Å². The molecule has 0 fully saturated rings. The highest BCUT2D eigenvalue weighted by atomic mass is 35.5. The van der Waals surface area contributed by atoms with E-state index in [0.717, 1.165) is 34.5 Å². The van der Waals surface area contributed by atoms with E-state index in [9.17, 15) is 0 Å². The lowest BCUT2D eigenvalue weighted by atomic mass is 10.3. The maximum absolute atomic E-state index is 6.36. The minimum Gasteiger partial charge on any atom is -0.368 e. The molecule has 2 N–H and O–H groups in total. The number of nitrogens with zero attached hydrogens (tertiary/aromatic N) is 5. The Hall–Kier alpha value is -1.21. The van der Waals surface area contributed by atoms with Crippen LogP contribution in [0.25, 0.3) is 0 Å². The third kappa shape index (κ3) is 2.71. The van der Waals surface area contributed by atoms with Crippen LogP contribution in [0, 0.1) is 0 Å². The van der Waals surface area contributed by atoms with Gasteiger partial charge in [0.15, 0.2) is 5.16 Å². The fourth-order valence-electron chi connectivity index (χ4n) is 1.74. The molecule has 0 amide bonds. The second-order valence-corrected chi connectivity index (χ2v) is 5.39. The van der Waals surface area contributed by atoms with E-state index in [-0.39, 0.29) is 0 Å². The van der Waals surface area contributed by atoms with Gasteiger partial charge in [0.1, 0.15) is 0 Å². The van der Waals surface area contributed by atoms with Crippen LogP contribution in [-0.4, -0.2) is 24.5 Å². The Morgan fingerprint density at radius 1 is 1.32 bits per heavy atom. The Balaban J connectivity index is 2.19. The van der Waals surface area contributed by atoms with Crippen LogP contribution < -0.4 is 5.73 Å². The summed E-state index contributed by atoms with van der Waals surface area (Å²) in [5.74, 6) is 1.11. The largest absolute Gasteiger partial charge is 0.368 e. The molecule has 2 heterocycles. The Bertz CT molecular complexity index is 576. The van der Waals surface area contributed by atoms with E-state index in [2.05, 4.69) is 29.1 Å². The monoisotopic (exact) mass is 300 g/mol. The average Bonchev–Trinajstić information content (AvgIpc) is 2.89. The zero-order chi connectivity index (χ0) is 14.0. The Labute approximate surface area is 121 Å². The highest BCUT2D eigenvalue weighted by Gasteiger charge is 2.16. The number of thioether (sulfide) groups is 1. The van der Waals surface area contributed by atoms with Crippen molar-refractivity contribution in [1.29, 1.82) is 0 Å².